The van der Waals surface area contributed by atoms with Crippen molar-refractivity contribution >= 4 is 17.8 Å². The van der Waals surface area contributed by atoms with Crippen LogP contribution in [0.4, 0.5) is 4.39 Å². The fourth-order valence-electron chi connectivity index (χ4n) is 2.87. The Hall–Kier alpha value is -3.22. The highest BCUT2D eigenvalue weighted by atomic mass is 19.1. The Kier molecular flexibility index (Phi) is 8.53. The van der Waals surface area contributed by atoms with E-state index in [-0.39, 0.29) is 11.6 Å². The molecule has 7 heteroatoms. The van der Waals surface area contributed by atoms with Gasteiger partial charge in [0.15, 0.2) is 6.61 Å². The van der Waals surface area contributed by atoms with E-state index in [2.05, 4.69) is 24.5 Å². The smallest absolute Gasteiger partial charge is 0.325 e. The summed E-state index contributed by atoms with van der Waals surface area (Å²) in [6, 6.07) is 13.2. The SMILES string of the molecule is CC(C)Cc1ccc([C@H](C)NC(=O)COC(=O)CNC(=O)c2ccccc2F)cc1. The second kappa shape index (κ2) is 11.1. The summed E-state index contributed by atoms with van der Waals surface area (Å²) in [6.45, 7) is 5.22. The van der Waals surface area contributed by atoms with Crippen molar-refractivity contribution < 1.29 is 23.5 Å². The Bertz CT molecular complexity index is 881. The van der Waals surface area contributed by atoms with Gasteiger partial charge in [-0.2, -0.15) is 0 Å². The molecule has 0 aliphatic carbocycles. The van der Waals surface area contributed by atoms with Gasteiger partial charge in [0.25, 0.3) is 11.8 Å². The van der Waals surface area contributed by atoms with Gasteiger partial charge in [-0.25, -0.2) is 4.39 Å². The molecule has 6 nitrogen and oxygen atoms in total. The Morgan fingerprint density at radius 2 is 1.67 bits per heavy atom. The van der Waals surface area contributed by atoms with Crippen LogP contribution in [0.25, 0.3) is 0 Å². The van der Waals surface area contributed by atoms with Crippen molar-refractivity contribution in [3.8, 4) is 0 Å². The number of carbonyl (C=O) groups is 3. The predicted molar refractivity (Wildman–Crippen MR) is 111 cm³/mol. The molecule has 0 fully saturated rings. The molecule has 1 atom stereocenters. The van der Waals surface area contributed by atoms with Gasteiger partial charge in [-0.15, -0.1) is 0 Å². The zero-order chi connectivity index (χ0) is 22.1. The van der Waals surface area contributed by atoms with Crippen LogP contribution in [-0.2, 0) is 20.7 Å². The van der Waals surface area contributed by atoms with E-state index in [0.29, 0.717) is 5.92 Å². The van der Waals surface area contributed by atoms with Gasteiger partial charge in [0, 0.05) is 0 Å². The first-order valence-corrected chi connectivity index (χ1v) is 9.82. The Labute approximate surface area is 175 Å². The van der Waals surface area contributed by atoms with E-state index in [1.54, 1.807) is 0 Å². The van der Waals surface area contributed by atoms with Crippen LogP contribution in [0.15, 0.2) is 48.5 Å². The van der Waals surface area contributed by atoms with E-state index < -0.39 is 36.8 Å². The second-order valence-corrected chi connectivity index (χ2v) is 7.45. The third-order valence-electron chi connectivity index (χ3n) is 4.38. The number of hydrogen-bond acceptors (Lipinski definition) is 4. The Morgan fingerprint density at radius 3 is 2.30 bits per heavy atom. The summed E-state index contributed by atoms with van der Waals surface area (Å²) in [5, 5.41) is 5.02. The highest BCUT2D eigenvalue weighted by molar-refractivity contribution is 5.96. The molecule has 0 heterocycles. The Morgan fingerprint density at radius 1 is 1.00 bits per heavy atom. The van der Waals surface area contributed by atoms with Gasteiger partial charge in [-0.1, -0.05) is 50.2 Å². The van der Waals surface area contributed by atoms with E-state index in [1.807, 2.05) is 31.2 Å². The predicted octanol–water partition coefficient (Wildman–Crippen LogP) is 3.17. The van der Waals surface area contributed by atoms with Crippen LogP contribution >= 0.6 is 0 Å². The molecule has 0 unspecified atom stereocenters. The average molecular weight is 414 g/mol. The highest BCUT2D eigenvalue weighted by Gasteiger charge is 2.15. The third-order valence-corrected chi connectivity index (χ3v) is 4.38. The zero-order valence-corrected chi connectivity index (χ0v) is 17.4. The van der Waals surface area contributed by atoms with Gasteiger partial charge in [-0.05, 0) is 42.5 Å². The number of benzene rings is 2. The molecule has 2 aromatic carbocycles. The van der Waals surface area contributed by atoms with Crippen LogP contribution < -0.4 is 10.6 Å². The number of esters is 1. The van der Waals surface area contributed by atoms with Crippen LogP contribution in [0, 0.1) is 11.7 Å². The van der Waals surface area contributed by atoms with Gasteiger partial charge >= 0.3 is 5.97 Å². The minimum absolute atomic E-state index is 0.170. The molecule has 2 aromatic rings. The van der Waals surface area contributed by atoms with Crippen molar-refractivity contribution in [2.24, 2.45) is 5.92 Å². The molecule has 30 heavy (non-hydrogen) atoms. The first kappa shape index (κ1) is 23.1. The maximum atomic E-state index is 13.5. The van der Waals surface area contributed by atoms with E-state index in [9.17, 15) is 18.8 Å². The minimum Gasteiger partial charge on any atom is -0.454 e. The average Bonchev–Trinajstić information content (AvgIpc) is 2.71. The van der Waals surface area contributed by atoms with Crippen LogP contribution in [-0.4, -0.2) is 30.9 Å². The number of amides is 2. The van der Waals surface area contributed by atoms with Crippen molar-refractivity contribution in [2.75, 3.05) is 13.2 Å². The van der Waals surface area contributed by atoms with E-state index in [0.717, 1.165) is 18.1 Å². The summed E-state index contributed by atoms with van der Waals surface area (Å²) in [5.41, 5.74) is 2.01. The van der Waals surface area contributed by atoms with Crippen LogP contribution in [0.1, 0.15) is 48.3 Å². The summed E-state index contributed by atoms with van der Waals surface area (Å²) in [5.74, 6) is -2.10. The van der Waals surface area contributed by atoms with Crippen molar-refractivity contribution in [3.63, 3.8) is 0 Å². The molecule has 0 aliphatic rings. The molecular formula is C23H27FN2O4. The van der Waals surface area contributed by atoms with E-state index in [1.165, 1.54) is 23.8 Å². The number of ether oxygens (including phenoxy) is 1. The highest BCUT2D eigenvalue weighted by Crippen LogP contribution is 2.15. The quantitative estimate of drug-likeness (QED) is 0.618. The maximum Gasteiger partial charge on any atom is 0.325 e. The normalized spacial score (nSPS) is 11.6. The first-order chi connectivity index (χ1) is 14.3. The zero-order valence-electron chi connectivity index (χ0n) is 17.4. The van der Waals surface area contributed by atoms with Crippen molar-refractivity contribution in [1.82, 2.24) is 10.6 Å². The lowest BCUT2D eigenvalue weighted by molar-refractivity contribution is -0.147. The maximum absolute atomic E-state index is 13.5. The molecule has 2 N–H and O–H groups in total. The third kappa shape index (κ3) is 7.31. The lowest BCUT2D eigenvalue weighted by Gasteiger charge is -2.15. The lowest BCUT2D eigenvalue weighted by atomic mass is 10.00. The molecule has 0 bridgehead atoms. The number of rotatable bonds is 9. The van der Waals surface area contributed by atoms with E-state index in [4.69, 9.17) is 4.74 Å². The second-order valence-electron chi connectivity index (χ2n) is 7.45. The topological polar surface area (TPSA) is 84.5 Å². The van der Waals surface area contributed by atoms with Crippen molar-refractivity contribution in [3.05, 3.63) is 71.0 Å². The standard InChI is InChI=1S/C23H27FN2O4/c1-15(2)12-17-8-10-18(11-9-17)16(3)26-21(27)14-30-22(28)13-25-23(29)19-6-4-5-7-20(19)24/h4-11,15-16H,12-14H2,1-3H3,(H,25,29)(H,26,27)/t16-/m0/s1. The van der Waals surface area contributed by atoms with Gasteiger partial charge in [-0.3, -0.25) is 14.4 Å². The minimum atomic E-state index is -0.791. The van der Waals surface area contributed by atoms with Crippen LogP contribution in [0.3, 0.4) is 0 Å². The summed E-state index contributed by atoms with van der Waals surface area (Å²) in [6.07, 6.45) is 0.990. The molecule has 0 saturated heterocycles. The van der Waals surface area contributed by atoms with Crippen LogP contribution in [0.2, 0.25) is 0 Å². The molecule has 0 aliphatic heterocycles. The monoisotopic (exact) mass is 414 g/mol. The molecule has 0 saturated carbocycles. The summed E-state index contributed by atoms with van der Waals surface area (Å²) >= 11 is 0. The fourth-order valence-corrected chi connectivity index (χ4v) is 2.87. The molecule has 2 amide bonds. The summed E-state index contributed by atoms with van der Waals surface area (Å²) in [4.78, 5) is 35.6. The molecule has 0 radical (unpaired) electrons. The van der Waals surface area contributed by atoms with Gasteiger partial charge in [0.2, 0.25) is 0 Å². The molecule has 2 rings (SSSR count). The number of hydrogen-bond donors (Lipinski definition) is 2. The first-order valence-electron chi connectivity index (χ1n) is 9.82. The number of nitrogens with one attached hydrogen (secondary N) is 2. The fraction of sp³-hybridized carbons (Fsp3) is 0.348. The van der Waals surface area contributed by atoms with Gasteiger partial charge in [0.05, 0.1) is 11.6 Å². The number of halogens is 1. The van der Waals surface area contributed by atoms with Gasteiger partial charge in [0.1, 0.15) is 12.4 Å². The number of carbonyl (C=O) groups excluding carboxylic acids is 3. The summed E-state index contributed by atoms with van der Waals surface area (Å²) < 4.78 is 18.4. The van der Waals surface area contributed by atoms with Crippen LogP contribution in [0.5, 0.6) is 0 Å². The molecule has 0 spiro atoms. The van der Waals surface area contributed by atoms with Gasteiger partial charge < -0.3 is 15.4 Å². The Balaban J connectivity index is 1.73. The molecule has 160 valence electrons. The molecule has 0 aromatic heterocycles. The lowest BCUT2D eigenvalue weighted by Crippen LogP contribution is -2.35. The molecular weight excluding hydrogens is 387 g/mol. The van der Waals surface area contributed by atoms with Crippen molar-refractivity contribution in [1.29, 1.82) is 0 Å². The van der Waals surface area contributed by atoms with E-state index >= 15 is 0 Å². The summed E-state index contributed by atoms with van der Waals surface area (Å²) in [7, 11) is 0. The largest absolute Gasteiger partial charge is 0.454 e. The van der Waals surface area contributed by atoms with Crippen molar-refractivity contribution in [2.45, 2.75) is 33.2 Å².